The standard InChI is InChI=1S/C10H8O6/c1-4(11)9(14)6-2-5(12)3-7(13)8(6)10(15)16/h2-3,12-13H,1H3,(H,15,16). The van der Waals surface area contributed by atoms with Crippen molar-refractivity contribution in [3.63, 3.8) is 0 Å². The number of hydrogen-bond donors (Lipinski definition) is 3. The minimum absolute atomic E-state index is 0.493. The van der Waals surface area contributed by atoms with E-state index >= 15 is 0 Å². The molecule has 0 atom stereocenters. The van der Waals surface area contributed by atoms with E-state index < -0.39 is 40.2 Å². The predicted octanol–water partition coefficient (Wildman–Crippen LogP) is 0.568. The van der Waals surface area contributed by atoms with Gasteiger partial charge in [0.1, 0.15) is 17.1 Å². The van der Waals surface area contributed by atoms with E-state index in [1.54, 1.807) is 0 Å². The number of ketones is 2. The van der Waals surface area contributed by atoms with Crippen LogP contribution < -0.4 is 0 Å². The SMILES string of the molecule is CC(=O)C(=O)c1cc(O)cc(O)c1C(=O)O. The Morgan fingerprint density at radius 2 is 1.69 bits per heavy atom. The molecule has 0 spiro atoms. The Hall–Kier alpha value is -2.37. The highest BCUT2D eigenvalue weighted by Gasteiger charge is 2.24. The van der Waals surface area contributed by atoms with Gasteiger partial charge in [-0.3, -0.25) is 9.59 Å². The van der Waals surface area contributed by atoms with E-state index in [0.717, 1.165) is 19.1 Å². The lowest BCUT2D eigenvalue weighted by Crippen LogP contribution is -2.15. The van der Waals surface area contributed by atoms with Gasteiger partial charge < -0.3 is 15.3 Å². The maximum absolute atomic E-state index is 11.3. The second-order valence-corrected chi connectivity index (χ2v) is 3.08. The molecule has 6 nitrogen and oxygen atoms in total. The third-order valence-electron chi connectivity index (χ3n) is 1.88. The number of rotatable bonds is 3. The molecule has 3 N–H and O–H groups in total. The predicted molar refractivity (Wildman–Crippen MR) is 51.7 cm³/mol. The average Bonchev–Trinajstić information content (AvgIpc) is 2.14. The Labute approximate surface area is 89.8 Å². The maximum atomic E-state index is 11.3. The first-order valence-corrected chi connectivity index (χ1v) is 4.19. The minimum Gasteiger partial charge on any atom is -0.508 e. The number of carboxylic acids is 1. The molecule has 0 aliphatic rings. The lowest BCUT2D eigenvalue weighted by Gasteiger charge is -2.06. The second kappa shape index (κ2) is 4.01. The highest BCUT2D eigenvalue weighted by molar-refractivity contribution is 6.44. The largest absolute Gasteiger partial charge is 0.508 e. The maximum Gasteiger partial charge on any atom is 0.340 e. The Morgan fingerprint density at radius 1 is 1.12 bits per heavy atom. The molecule has 6 heteroatoms. The number of Topliss-reactive ketones (excluding diaryl/α,β-unsaturated/α-hetero) is 2. The fourth-order valence-corrected chi connectivity index (χ4v) is 1.21. The number of carbonyl (C=O) groups excluding carboxylic acids is 2. The van der Waals surface area contributed by atoms with Crippen LogP contribution in [0.25, 0.3) is 0 Å². The van der Waals surface area contributed by atoms with E-state index in [1.807, 2.05) is 0 Å². The molecular weight excluding hydrogens is 216 g/mol. The number of carbonyl (C=O) groups is 3. The van der Waals surface area contributed by atoms with Crippen molar-refractivity contribution in [2.45, 2.75) is 6.92 Å². The molecule has 1 rings (SSSR count). The fourth-order valence-electron chi connectivity index (χ4n) is 1.21. The molecule has 16 heavy (non-hydrogen) atoms. The van der Waals surface area contributed by atoms with E-state index in [-0.39, 0.29) is 0 Å². The molecule has 0 bridgehead atoms. The van der Waals surface area contributed by atoms with Crippen molar-refractivity contribution < 1.29 is 29.7 Å². The first-order chi connectivity index (χ1) is 7.34. The van der Waals surface area contributed by atoms with Crippen LogP contribution >= 0.6 is 0 Å². The third kappa shape index (κ3) is 2.00. The highest BCUT2D eigenvalue weighted by Crippen LogP contribution is 2.27. The molecule has 84 valence electrons. The number of benzene rings is 1. The van der Waals surface area contributed by atoms with Crippen LogP contribution in [0.1, 0.15) is 27.6 Å². The topological polar surface area (TPSA) is 112 Å². The van der Waals surface area contributed by atoms with Crippen molar-refractivity contribution in [1.29, 1.82) is 0 Å². The molecule has 1 aromatic rings. The summed E-state index contributed by atoms with van der Waals surface area (Å²) in [4.78, 5) is 33.0. The Balaban J connectivity index is 3.53. The van der Waals surface area contributed by atoms with Crippen LogP contribution in [-0.4, -0.2) is 32.9 Å². The summed E-state index contributed by atoms with van der Waals surface area (Å²) in [6, 6.07) is 1.60. The van der Waals surface area contributed by atoms with Gasteiger partial charge in [0.25, 0.3) is 0 Å². The van der Waals surface area contributed by atoms with Crippen molar-refractivity contribution in [3.8, 4) is 11.5 Å². The number of aromatic hydroxyl groups is 2. The van der Waals surface area contributed by atoms with Crippen LogP contribution in [0.4, 0.5) is 0 Å². The van der Waals surface area contributed by atoms with Crippen LogP contribution in [-0.2, 0) is 4.79 Å². The zero-order valence-corrected chi connectivity index (χ0v) is 8.22. The number of aromatic carboxylic acids is 1. The molecule has 0 saturated carbocycles. The van der Waals surface area contributed by atoms with Crippen LogP contribution in [0.2, 0.25) is 0 Å². The van der Waals surface area contributed by atoms with Crippen molar-refractivity contribution in [1.82, 2.24) is 0 Å². The Bertz CT molecular complexity index is 488. The second-order valence-electron chi connectivity index (χ2n) is 3.08. The van der Waals surface area contributed by atoms with Gasteiger partial charge in [0.2, 0.25) is 5.78 Å². The van der Waals surface area contributed by atoms with Crippen molar-refractivity contribution in [3.05, 3.63) is 23.3 Å². The number of phenolic OH excluding ortho intramolecular Hbond substituents is 1. The molecule has 0 heterocycles. The Kier molecular flexibility index (Phi) is 2.94. The van der Waals surface area contributed by atoms with Gasteiger partial charge in [0, 0.05) is 18.6 Å². The number of carboxylic acid groups (broad SMARTS) is 1. The molecule has 0 unspecified atom stereocenters. The smallest absolute Gasteiger partial charge is 0.340 e. The Morgan fingerprint density at radius 3 is 2.12 bits per heavy atom. The van der Waals surface area contributed by atoms with E-state index in [9.17, 15) is 19.5 Å². The summed E-state index contributed by atoms with van der Waals surface area (Å²) in [6.45, 7) is 0.967. The van der Waals surface area contributed by atoms with E-state index in [4.69, 9.17) is 10.2 Å². The lowest BCUT2D eigenvalue weighted by atomic mass is 10.00. The van der Waals surface area contributed by atoms with Crippen LogP contribution in [0, 0.1) is 0 Å². The van der Waals surface area contributed by atoms with Crippen molar-refractivity contribution in [2.75, 3.05) is 0 Å². The zero-order valence-electron chi connectivity index (χ0n) is 8.22. The monoisotopic (exact) mass is 224 g/mol. The normalized spacial score (nSPS) is 9.81. The van der Waals surface area contributed by atoms with Gasteiger partial charge in [-0.1, -0.05) is 0 Å². The quantitative estimate of drug-likeness (QED) is 0.511. The summed E-state index contributed by atoms with van der Waals surface area (Å²) in [7, 11) is 0. The summed E-state index contributed by atoms with van der Waals surface area (Å²) in [5.41, 5.74) is -1.23. The molecule has 0 amide bonds. The third-order valence-corrected chi connectivity index (χ3v) is 1.88. The number of phenols is 2. The molecule has 0 aliphatic carbocycles. The van der Waals surface area contributed by atoms with Gasteiger partial charge in [0.05, 0.1) is 0 Å². The van der Waals surface area contributed by atoms with Gasteiger partial charge in [-0.05, 0) is 6.07 Å². The van der Waals surface area contributed by atoms with Crippen LogP contribution in [0.5, 0.6) is 11.5 Å². The molecule has 1 aromatic carbocycles. The number of hydrogen-bond acceptors (Lipinski definition) is 5. The molecule has 0 fully saturated rings. The van der Waals surface area contributed by atoms with Gasteiger partial charge in [-0.15, -0.1) is 0 Å². The van der Waals surface area contributed by atoms with E-state index in [2.05, 4.69) is 0 Å². The summed E-state index contributed by atoms with van der Waals surface area (Å²) in [5, 5.41) is 27.1. The summed E-state index contributed by atoms with van der Waals surface area (Å²) in [6.07, 6.45) is 0. The highest BCUT2D eigenvalue weighted by atomic mass is 16.4. The van der Waals surface area contributed by atoms with Gasteiger partial charge >= 0.3 is 5.97 Å². The zero-order chi connectivity index (χ0) is 12.5. The lowest BCUT2D eigenvalue weighted by molar-refractivity contribution is -0.113. The van der Waals surface area contributed by atoms with Gasteiger partial charge in [-0.25, -0.2) is 4.79 Å². The molecule has 0 aromatic heterocycles. The molecule has 0 aliphatic heterocycles. The van der Waals surface area contributed by atoms with Crippen LogP contribution in [0.3, 0.4) is 0 Å². The minimum atomic E-state index is -1.55. The van der Waals surface area contributed by atoms with Crippen molar-refractivity contribution in [2.24, 2.45) is 0 Å². The first-order valence-electron chi connectivity index (χ1n) is 4.19. The fraction of sp³-hybridized carbons (Fsp3) is 0.100. The molecule has 0 saturated heterocycles. The summed E-state index contributed by atoms with van der Waals surface area (Å²) in [5.74, 6) is -4.78. The van der Waals surface area contributed by atoms with E-state index in [0.29, 0.717) is 0 Å². The average molecular weight is 224 g/mol. The van der Waals surface area contributed by atoms with Crippen LogP contribution in [0.15, 0.2) is 12.1 Å². The van der Waals surface area contributed by atoms with Gasteiger partial charge in [0.15, 0.2) is 5.78 Å². The molecular formula is C10H8O6. The van der Waals surface area contributed by atoms with Gasteiger partial charge in [-0.2, -0.15) is 0 Å². The summed E-state index contributed by atoms with van der Waals surface area (Å²) < 4.78 is 0. The summed E-state index contributed by atoms with van der Waals surface area (Å²) >= 11 is 0. The molecule has 0 radical (unpaired) electrons. The van der Waals surface area contributed by atoms with E-state index in [1.165, 1.54) is 0 Å². The van der Waals surface area contributed by atoms with Crippen molar-refractivity contribution >= 4 is 17.5 Å². The first kappa shape index (κ1) is 11.7.